The van der Waals surface area contributed by atoms with Crippen LogP contribution in [0.1, 0.15) is 27.7 Å². The standard InChI is InChI=1S/C8H18N6.2ClH.H2O/c1-7(2,5(9)10)13-14-8(3,4)6(11)12;;;/h1-4H3,(H3,9,10)(H3,11,12);2*1H;1H2. The first-order valence-electron chi connectivity index (χ1n) is 4.22. The second-order valence-electron chi connectivity index (χ2n) is 4.15. The van der Waals surface area contributed by atoms with E-state index in [9.17, 15) is 0 Å². The summed E-state index contributed by atoms with van der Waals surface area (Å²) < 4.78 is 0. The van der Waals surface area contributed by atoms with Gasteiger partial charge in [-0.25, -0.2) is 0 Å². The fourth-order valence-corrected chi connectivity index (χ4v) is 0.358. The first kappa shape index (κ1) is 25.1. The molecule has 0 bridgehead atoms. The normalized spacial score (nSPS) is 10.8. The topological polar surface area (TPSA) is 156 Å². The Morgan fingerprint density at radius 1 is 0.824 bits per heavy atom. The molecule has 0 aromatic heterocycles. The molecule has 0 aromatic rings. The number of nitrogens with one attached hydrogen (secondary N) is 2. The maximum Gasteiger partial charge on any atom is 0.132 e. The largest absolute Gasteiger partial charge is 0.412 e. The minimum Gasteiger partial charge on any atom is -0.412 e. The Balaban J connectivity index is -0.000000282. The summed E-state index contributed by atoms with van der Waals surface area (Å²) in [7, 11) is 0. The first-order chi connectivity index (χ1) is 6.09. The van der Waals surface area contributed by atoms with Crippen LogP contribution in [-0.2, 0) is 0 Å². The van der Waals surface area contributed by atoms with Gasteiger partial charge in [-0.15, -0.1) is 24.8 Å². The van der Waals surface area contributed by atoms with Crippen LogP contribution < -0.4 is 11.5 Å². The zero-order chi connectivity index (χ0) is 11.6. The summed E-state index contributed by atoms with van der Waals surface area (Å²) in [5, 5.41) is 22.3. The smallest absolute Gasteiger partial charge is 0.132 e. The summed E-state index contributed by atoms with van der Waals surface area (Å²) in [6.07, 6.45) is 0. The van der Waals surface area contributed by atoms with Gasteiger partial charge in [0, 0.05) is 0 Å². The summed E-state index contributed by atoms with van der Waals surface area (Å²) in [6.45, 7) is 6.70. The summed E-state index contributed by atoms with van der Waals surface area (Å²) >= 11 is 0. The number of nitrogens with zero attached hydrogens (tertiary/aromatic N) is 2. The monoisotopic (exact) mass is 288 g/mol. The lowest BCUT2D eigenvalue weighted by molar-refractivity contribution is 0.557. The van der Waals surface area contributed by atoms with Gasteiger partial charge in [-0.3, -0.25) is 10.8 Å². The maximum atomic E-state index is 7.25. The van der Waals surface area contributed by atoms with Crippen LogP contribution in [0.15, 0.2) is 10.2 Å². The number of amidine groups is 2. The van der Waals surface area contributed by atoms with Crippen molar-refractivity contribution >= 4 is 36.5 Å². The van der Waals surface area contributed by atoms with E-state index in [2.05, 4.69) is 10.2 Å². The van der Waals surface area contributed by atoms with E-state index in [1.165, 1.54) is 0 Å². The molecule has 104 valence electrons. The Labute approximate surface area is 114 Å². The summed E-state index contributed by atoms with van der Waals surface area (Å²) in [6, 6.07) is 0. The molecule has 0 amide bonds. The molecule has 0 aliphatic heterocycles. The third kappa shape index (κ3) is 7.89. The zero-order valence-electron chi connectivity index (χ0n) is 10.4. The van der Waals surface area contributed by atoms with Crippen molar-refractivity contribution in [3.63, 3.8) is 0 Å². The summed E-state index contributed by atoms with van der Waals surface area (Å²) in [5.74, 6) is -0.138. The maximum absolute atomic E-state index is 7.25. The van der Waals surface area contributed by atoms with Crippen molar-refractivity contribution in [2.24, 2.45) is 21.7 Å². The van der Waals surface area contributed by atoms with E-state index in [0.29, 0.717) is 0 Å². The van der Waals surface area contributed by atoms with Crippen molar-refractivity contribution in [3.05, 3.63) is 0 Å². The highest BCUT2D eigenvalue weighted by Crippen LogP contribution is 2.15. The Hall–Kier alpha value is -0.920. The molecule has 0 unspecified atom stereocenters. The average molecular weight is 289 g/mol. The van der Waals surface area contributed by atoms with Crippen molar-refractivity contribution in [1.29, 1.82) is 10.8 Å². The average Bonchev–Trinajstić information content (AvgIpc) is 2.01. The van der Waals surface area contributed by atoms with Crippen LogP contribution in [0.5, 0.6) is 0 Å². The van der Waals surface area contributed by atoms with E-state index in [1.807, 2.05) is 0 Å². The quantitative estimate of drug-likeness (QED) is 0.344. The highest BCUT2D eigenvalue weighted by atomic mass is 35.5. The Kier molecular flexibility index (Phi) is 12.1. The van der Waals surface area contributed by atoms with E-state index in [-0.39, 0.29) is 42.0 Å². The van der Waals surface area contributed by atoms with E-state index < -0.39 is 11.1 Å². The molecule has 0 aromatic carbocycles. The SMILES string of the molecule is CC(C)(N=NC(C)(C)C(=N)N)C(=N)N.Cl.Cl.O. The molecule has 0 rings (SSSR count). The van der Waals surface area contributed by atoms with Crippen LogP contribution in [0, 0.1) is 10.8 Å². The molecule has 0 saturated heterocycles. The third-order valence-corrected chi connectivity index (χ3v) is 1.87. The van der Waals surface area contributed by atoms with Gasteiger partial charge in [0.15, 0.2) is 0 Å². The Morgan fingerprint density at radius 2 is 1.00 bits per heavy atom. The van der Waals surface area contributed by atoms with Gasteiger partial charge >= 0.3 is 0 Å². The van der Waals surface area contributed by atoms with Gasteiger partial charge in [0.1, 0.15) is 22.7 Å². The molecule has 0 atom stereocenters. The van der Waals surface area contributed by atoms with Gasteiger partial charge in [0.25, 0.3) is 0 Å². The van der Waals surface area contributed by atoms with Crippen LogP contribution in [0.4, 0.5) is 0 Å². The van der Waals surface area contributed by atoms with Gasteiger partial charge in [-0.05, 0) is 27.7 Å². The van der Waals surface area contributed by atoms with Gasteiger partial charge in [-0.1, -0.05) is 0 Å². The third-order valence-electron chi connectivity index (χ3n) is 1.87. The minimum atomic E-state index is -0.841. The molecule has 0 aliphatic carbocycles. The van der Waals surface area contributed by atoms with Gasteiger partial charge in [0.05, 0.1) is 0 Å². The first-order valence-corrected chi connectivity index (χ1v) is 4.22. The van der Waals surface area contributed by atoms with Crippen molar-refractivity contribution in [3.8, 4) is 0 Å². The van der Waals surface area contributed by atoms with Crippen LogP contribution in [0.3, 0.4) is 0 Å². The molecule has 0 spiro atoms. The molecular weight excluding hydrogens is 267 g/mol. The number of hydrogen-bond acceptors (Lipinski definition) is 4. The lowest BCUT2D eigenvalue weighted by Crippen LogP contribution is -2.38. The molecule has 8 N–H and O–H groups in total. The van der Waals surface area contributed by atoms with Crippen molar-refractivity contribution < 1.29 is 5.48 Å². The molecule has 0 radical (unpaired) electrons. The molecule has 7 nitrogen and oxygen atoms in total. The van der Waals surface area contributed by atoms with Crippen LogP contribution in [-0.4, -0.2) is 28.2 Å². The number of hydrogen-bond donors (Lipinski definition) is 4. The lowest BCUT2D eigenvalue weighted by Gasteiger charge is -2.20. The molecule has 17 heavy (non-hydrogen) atoms. The Bertz CT molecular complexity index is 262. The number of rotatable bonds is 4. The highest BCUT2D eigenvalue weighted by molar-refractivity contribution is 5.87. The highest BCUT2D eigenvalue weighted by Gasteiger charge is 2.25. The van der Waals surface area contributed by atoms with Crippen molar-refractivity contribution in [2.75, 3.05) is 0 Å². The minimum absolute atomic E-state index is 0. The summed E-state index contributed by atoms with van der Waals surface area (Å²) in [5.41, 5.74) is 8.96. The molecular formula is C8H22Cl2N6O. The van der Waals surface area contributed by atoms with Gasteiger partial charge in [0.2, 0.25) is 0 Å². The molecule has 9 heteroatoms. The number of halogens is 2. The predicted octanol–water partition coefficient (Wildman–Crippen LogP) is 0.887. The fraction of sp³-hybridized carbons (Fsp3) is 0.750. The van der Waals surface area contributed by atoms with E-state index >= 15 is 0 Å². The van der Waals surface area contributed by atoms with Crippen LogP contribution in [0.2, 0.25) is 0 Å². The van der Waals surface area contributed by atoms with Gasteiger partial charge in [-0.2, -0.15) is 10.2 Å². The second-order valence-corrected chi connectivity index (χ2v) is 4.15. The van der Waals surface area contributed by atoms with Crippen LogP contribution >= 0.6 is 24.8 Å². The van der Waals surface area contributed by atoms with Gasteiger partial charge < -0.3 is 16.9 Å². The predicted molar refractivity (Wildman–Crippen MR) is 75.0 cm³/mol. The van der Waals surface area contributed by atoms with E-state index in [0.717, 1.165) is 0 Å². The molecule has 0 saturated carbocycles. The number of nitrogens with two attached hydrogens (primary N) is 2. The molecule has 0 fully saturated rings. The Morgan fingerprint density at radius 3 is 1.12 bits per heavy atom. The van der Waals surface area contributed by atoms with Crippen molar-refractivity contribution in [1.82, 2.24) is 0 Å². The zero-order valence-corrected chi connectivity index (χ0v) is 12.0. The van der Waals surface area contributed by atoms with E-state index in [4.69, 9.17) is 22.3 Å². The van der Waals surface area contributed by atoms with Crippen molar-refractivity contribution in [2.45, 2.75) is 38.8 Å². The second kappa shape index (κ2) is 8.21. The molecule has 0 heterocycles. The number of azo groups is 1. The van der Waals surface area contributed by atoms with E-state index in [1.54, 1.807) is 27.7 Å². The molecule has 0 aliphatic rings. The summed E-state index contributed by atoms with van der Waals surface area (Å²) in [4.78, 5) is 0. The fourth-order valence-electron chi connectivity index (χ4n) is 0.358. The van der Waals surface area contributed by atoms with Crippen LogP contribution in [0.25, 0.3) is 0 Å². The lowest BCUT2D eigenvalue weighted by atomic mass is 10.1.